The number of carbonyl (C=O) groups excluding carboxylic acids is 1. The topological polar surface area (TPSA) is 134 Å². The molecule has 0 saturated carbocycles. The number of nitrogens with one attached hydrogen (secondary N) is 4. The summed E-state index contributed by atoms with van der Waals surface area (Å²) in [5.41, 5.74) is 13.0. The molecular formula is C24H28N6O3. The molecule has 0 bridgehead atoms. The number of amidine groups is 1. The van der Waals surface area contributed by atoms with E-state index >= 15 is 0 Å². The highest BCUT2D eigenvalue weighted by Crippen LogP contribution is 2.32. The number of nitrogens with zero attached hydrogens (tertiary/aromatic N) is 1. The van der Waals surface area contributed by atoms with E-state index in [1.165, 1.54) is 0 Å². The van der Waals surface area contributed by atoms with Gasteiger partial charge in [0.1, 0.15) is 17.7 Å². The number of nitrogen functional groups attached to an aromatic ring is 1. The third-order valence-corrected chi connectivity index (χ3v) is 4.65. The van der Waals surface area contributed by atoms with Crippen LogP contribution in [0.25, 0.3) is 0 Å². The summed E-state index contributed by atoms with van der Waals surface area (Å²) in [6.07, 6.45) is 1.63. The number of hydrogen-bond acceptors (Lipinski definition) is 7. The lowest BCUT2D eigenvalue weighted by Crippen LogP contribution is -2.37. The maximum absolute atomic E-state index is 13.2. The van der Waals surface area contributed by atoms with Gasteiger partial charge < -0.3 is 20.5 Å². The number of rotatable bonds is 11. The van der Waals surface area contributed by atoms with Gasteiger partial charge in [-0.15, -0.1) is 0 Å². The minimum atomic E-state index is -0.765. The fraction of sp³-hybridized carbons (Fsp3) is 0.208. The van der Waals surface area contributed by atoms with Crippen LogP contribution in [0.3, 0.4) is 0 Å². The average molecular weight is 449 g/mol. The lowest BCUT2D eigenvalue weighted by molar-refractivity contribution is -0.121. The Balaban J connectivity index is 1.89. The number of benzene rings is 2. The van der Waals surface area contributed by atoms with Gasteiger partial charge in [0, 0.05) is 17.4 Å². The SMILES string of the molecule is CCOc1ccc(C(Nc2ccc(C(=N)N)cc2)C(=O)NNc2ccccn2)cc1OCC. The van der Waals surface area contributed by atoms with Gasteiger partial charge in [-0.2, -0.15) is 0 Å². The Morgan fingerprint density at radius 1 is 1.03 bits per heavy atom. The van der Waals surface area contributed by atoms with Crippen LogP contribution in [-0.4, -0.2) is 29.9 Å². The summed E-state index contributed by atoms with van der Waals surface area (Å²) in [6.45, 7) is 4.74. The van der Waals surface area contributed by atoms with Crippen LogP contribution in [0.15, 0.2) is 66.9 Å². The molecule has 0 fully saturated rings. The van der Waals surface area contributed by atoms with Crippen molar-refractivity contribution >= 4 is 23.2 Å². The molecule has 172 valence electrons. The fourth-order valence-corrected chi connectivity index (χ4v) is 3.09. The minimum Gasteiger partial charge on any atom is -0.490 e. The second-order valence-electron chi connectivity index (χ2n) is 6.97. The zero-order valence-corrected chi connectivity index (χ0v) is 18.6. The largest absolute Gasteiger partial charge is 0.490 e. The van der Waals surface area contributed by atoms with Crippen LogP contribution in [0, 0.1) is 5.41 Å². The Bertz CT molecular complexity index is 1070. The molecule has 9 heteroatoms. The molecule has 1 amide bonds. The number of hydrazine groups is 1. The van der Waals surface area contributed by atoms with Gasteiger partial charge >= 0.3 is 0 Å². The van der Waals surface area contributed by atoms with Crippen LogP contribution in [0.4, 0.5) is 11.5 Å². The highest BCUT2D eigenvalue weighted by Gasteiger charge is 2.23. The van der Waals surface area contributed by atoms with Crippen molar-refractivity contribution < 1.29 is 14.3 Å². The highest BCUT2D eigenvalue weighted by atomic mass is 16.5. The van der Waals surface area contributed by atoms with Gasteiger partial charge in [-0.1, -0.05) is 12.1 Å². The monoisotopic (exact) mass is 448 g/mol. The molecule has 33 heavy (non-hydrogen) atoms. The quantitative estimate of drug-likeness (QED) is 0.172. The van der Waals surface area contributed by atoms with Gasteiger partial charge in [0.05, 0.1) is 13.2 Å². The van der Waals surface area contributed by atoms with E-state index in [1.807, 2.05) is 26.0 Å². The Morgan fingerprint density at radius 3 is 2.39 bits per heavy atom. The van der Waals surface area contributed by atoms with Gasteiger partial charge in [0.25, 0.3) is 5.91 Å². The van der Waals surface area contributed by atoms with Crippen molar-refractivity contribution in [3.05, 3.63) is 78.0 Å². The van der Waals surface area contributed by atoms with E-state index in [0.29, 0.717) is 47.3 Å². The average Bonchev–Trinajstić information content (AvgIpc) is 2.83. The Labute approximate surface area is 192 Å². The molecule has 0 saturated heterocycles. The van der Waals surface area contributed by atoms with Gasteiger partial charge in [0.15, 0.2) is 11.5 Å². The molecule has 0 radical (unpaired) electrons. The molecule has 1 heterocycles. The van der Waals surface area contributed by atoms with Gasteiger partial charge in [-0.05, 0) is 67.9 Å². The van der Waals surface area contributed by atoms with Crippen molar-refractivity contribution in [2.24, 2.45) is 5.73 Å². The van der Waals surface area contributed by atoms with Crippen LogP contribution in [0.5, 0.6) is 11.5 Å². The van der Waals surface area contributed by atoms with E-state index in [9.17, 15) is 4.79 Å². The maximum Gasteiger partial charge on any atom is 0.265 e. The predicted octanol–water partition coefficient (Wildman–Crippen LogP) is 3.46. The molecular weight excluding hydrogens is 420 g/mol. The van der Waals surface area contributed by atoms with Crippen molar-refractivity contribution in [3.8, 4) is 11.5 Å². The third kappa shape index (κ3) is 6.36. The van der Waals surface area contributed by atoms with Crippen LogP contribution in [0.2, 0.25) is 0 Å². The Kier molecular flexibility index (Phi) is 8.07. The number of pyridine rings is 1. The first-order chi connectivity index (χ1) is 16.0. The number of ether oxygens (including phenoxy) is 2. The van der Waals surface area contributed by atoms with Crippen molar-refractivity contribution in [2.45, 2.75) is 19.9 Å². The summed E-state index contributed by atoms with van der Waals surface area (Å²) in [5.74, 6) is 1.32. The molecule has 3 aromatic rings. The van der Waals surface area contributed by atoms with Crippen LogP contribution < -0.4 is 31.4 Å². The standard InChI is InChI=1S/C24H28N6O3/c1-3-32-19-13-10-17(15-20(19)33-4-2)22(24(31)30-29-21-7-5-6-14-27-21)28-18-11-8-16(9-12-18)23(25)26/h5-15,22,28H,3-4H2,1-2H3,(H3,25,26)(H,27,29)(H,30,31). The van der Waals surface area contributed by atoms with Gasteiger partial charge in [-0.25, -0.2) is 4.98 Å². The smallest absolute Gasteiger partial charge is 0.265 e. The summed E-state index contributed by atoms with van der Waals surface area (Å²) in [7, 11) is 0. The zero-order chi connectivity index (χ0) is 23.6. The van der Waals surface area contributed by atoms with E-state index in [0.717, 1.165) is 0 Å². The van der Waals surface area contributed by atoms with E-state index in [-0.39, 0.29) is 11.7 Å². The van der Waals surface area contributed by atoms with Gasteiger partial charge in [-0.3, -0.25) is 21.1 Å². The van der Waals surface area contributed by atoms with Crippen molar-refractivity contribution in [2.75, 3.05) is 24.0 Å². The molecule has 2 aromatic carbocycles. The summed E-state index contributed by atoms with van der Waals surface area (Å²) in [6, 6.07) is 16.9. The Morgan fingerprint density at radius 2 is 1.76 bits per heavy atom. The van der Waals surface area contributed by atoms with Crippen LogP contribution in [-0.2, 0) is 4.79 Å². The molecule has 0 aliphatic carbocycles. The van der Waals surface area contributed by atoms with E-state index in [4.69, 9.17) is 20.6 Å². The molecule has 1 atom stereocenters. The number of hydrogen-bond donors (Lipinski definition) is 5. The molecule has 0 aliphatic heterocycles. The summed E-state index contributed by atoms with van der Waals surface area (Å²) >= 11 is 0. The lowest BCUT2D eigenvalue weighted by Gasteiger charge is -2.22. The van der Waals surface area contributed by atoms with Crippen molar-refractivity contribution in [1.29, 1.82) is 5.41 Å². The summed E-state index contributed by atoms with van der Waals surface area (Å²) in [5, 5.41) is 10.8. The minimum absolute atomic E-state index is 0.0247. The third-order valence-electron chi connectivity index (χ3n) is 4.65. The number of amides is 1. The molecule has 9 nitrogen and oxygen atoms in total. The van der Waals surface area contributed by atoms with Crippen molar-refractivity contribution in [1.82, 2.24) is 10.4 Å². The highest BCUT2D eigenvalue weighted by molar-refractivity contribution is 5.95. The van der Waals surface area contributed by atoms with Gasteiger partial charge in [0.2, 0.25) is 0 Å². The molecule has 3 rings (SSSR count). The number of nitrogens with two attached hydrogens (primary N) is 1. The number of anilines is 2. The lowest BCUT2D eigenvalue weighted by atomic mass is 10.0. The van der Waals surface area contributed by atoms with E-state index in [2.05, 4.69) is 21.2 Å². The van der Waals surface area contributed by atoms with Crippen LogP contribution in [0.1, 0.15) is 31.0 Å². The number of carbonyl (C=O) groups is 1. The second kappa shape index (κ2) is 11.4. The molecule has 1 aromatic heterocycles. The van der Waals surface area contributed by atoms with E-state index in [1.54, 1.807) is 54.7 Å². The Hall–Kier alpha value is -4.27. The predicted molar refractivity (Wildman–Crippen MR) is 129 cm³/mol. The first kappa shape index (κ1) is 23.4. The van der Waals surface area contributed by atoms with Crippen LogP contribution >= 0.6 is 0 Å². The van der Waals surface area contributed by atoms with E-state index < -0.39 is 6.04 Å². The maximum atomic E-state index is 13.2. The zero-order valence-electron chi connectivity index (χ0n) is 18.6. The molecule has 0 spiro atoms. The summed E-state index contributed by atoms with van der Waals surface area (Å²) < 4.78 is 11.4. The molecule has 6 N–H and O–H groups in total. The second-order valence-corrected chi connectivity index (χ2v) is 6.97. The first-order valence-corrected chi connectivity index (χ1v) is 10.6. The summed E-state index contributed by atoms with van der Waals surface area (Å²) in [4.78, 5) is 17.3. The normalized spacial score (nSPS) is 11.2. The molecule has 1 unspecified atom stereocenters. The number of aromatic nitrogens is 1. The fourth-order valence-electron chi connectivity index (χ4n) is 3.09. The van der Waals surface area contributed by atoms with Crippen molar-refractivity contribution in [3.63, 3.8) is 0 Å². The first-order valence-electron chi connectivity index (χ1n) is 10.6. The molecule has 0 aliphatic rings.